The third-order valence-corrected chi connectivity index (χ3v) is 2.79. The topological polar surface area (TPSA) is 87.1 Å². The third-order valence-electron chi connectivity index (χ3n) is 2.79. The number of carboxylic acids is 1. The van der Waals surface area contributed by atoms with Crippen LogP contribution in [0.3, 0.4) is 0 Å². The fourth-order valence-electron chi connectivity index (χ4n) is 2.01. The lowest BCUT2D eigenvalue weighted by molar-refractivity contribution is -0.141. The van der Waals surface area contributed by atoms with Crippen LogP contribution in [0.2, 0.25) is 0 Å². The Hall–Kier alpha value is -1.30. The molecule has 1 atom stereocenters. The number of carbonyl (C=O) groups is 2. The lowest BCUT2D eigenvalue weighted by Crippen LogP contribution is -2.63. The number of hydrogen-bond acceptors (Lipinski definition) is 3. The molecule has 1 spiro atoms. The highest BCUT2D eigenvalue weighted by Crippen LogP contribution is 2.37. The maximum Gasteiger partial charge on any atom is 0.407 e. The lowest BCUT2D eigenvalue weighted by Gasteiger charge is -2.45. The minimum Gasteiger partial charge on any atom is -0.481 e. The summed E-state index contributed by atoms with van der Waals surface area (Å²) >= 11 is 0. The molecule has 2 rings (SSSR count). The van der Waals surface area contributed by atoms with Crippen LogP contribution in [0.5, 0.6) is 0 Å². The van der Waals surface area contributed by atoms with Crippen LogP contribution < -0.4 is 0 Å². The van der Waals surface area contributed by atoms with E-state index >= 15 is 0 Å². The van der Waals surface area contributed by atoms with Crippen molar-refractivity contribution in [2.24, 2.45) is 5.92 Å². The molecule has 0 saturated carbocycles. The molecule has 78 valence electrons. The molecule has 0 radical (unpaired) electrons. The first kappa shape index (κ1) is 9.26. The van der Waals surface area contributed by atoms with Gasteiger partial charge in [0.25, 0.3) is 0 Å². The van der Waals surface area contributed by atoms with Crippen molar-refractivity contribution >= 4 is 12.1 Å². The van der Waals surface area contributed by atoms with E-state index in [1.54, 1.807) is 0 Å². The van der Waals surface area contributed by atoms with Gasteiger partial charge in [-0.05, 0) is 6.42 Å². The minimum atomic E-state index is -0.974. The molecule has 0 aliphatic carbocycles. The molecule has 2 fully saturated rings. The summed E-state index contributed by atoms with van der Waals surface area (Å²) in [6.45, 7) is 0.793. The second kappa shape index (κ2) is 2.84. The Morgan fingerprint density at radius 3 is 2.43 bits per heavy atom. The Kier molecular flexibility index (Phi) is 1.88. The lowest BCUT2D eigenvalue weighted by atomic mass is 9.87. The third kappa shape index (κ3) is 1.31. The van der Waals surface area contributed by atoms with Crippen molar-refractivity contribution in [1.29, 1.82) is 0 Å². The predicted octanol–water partition coefficient (Wildman–Crippen LogP) is -0.160. The van der Waals surface area contributed by atoms with Crippen molar-refractivity contribution in [3.8, 4) is 0 Å². The largest absolute Gasteiger partial charge is 0.481 e. The van der Waals surface area contributed by atoms with Gasteiger partial charge >= 0.3 is 12.1 Å². The zero-order valence-electron chi connectivity index (χ0n) is 7.47. The number of carboxylic acid groups (broad SMARTS) is 2. The first-order valence-corrected chi connectivity index (χ1v) is 4.37. The summed E-state index contributed by atoms with van der Waals surface area (Å²) < 4.78 is 5.34. The average molecular weight is 201 g/mol. The fraction of sp³-hybridized carbons (Fsp3) is 0.750. The summed E-state index contributed by atoms with van der Waals surface area (Å²) in [5.41, 5.74) is -0.512. The molecule has 0 aromatic rings. The van der Waals surface area contributed by atoms with Gasteiger partial charge < -0.3 is 19.8 Å². The highest BCUT2D eigenvalue weighted by Gasteiger charge is 2.52. The van der Waals surface area contributed by atoms with Crippen LogP contribution in [0.1, 0.15) is 6.42 Å². The SMILES string of the molecule is O=C(O)C1COC2(C1)CN(C(=O)O)C2. The summed E-state index contributed by atoms with van der Waals surface area (Å²) in [4.78, 5) is 22.4. The molecule has 1 unspecified atom stereocenters. The van der Waals surface area contributed by atoms with E-state index in [9.17, 15) is 9.59 Å². The zero-order valence-corrected chi connectivity index (χ0v) is 7.47. The summed E-state index contributed by atoms with van der Waals surface area (Å²) in [6.07, 6.45) is -0.551. The Morgan fingerprint density at radius 2 is 2.00 bits per heavy atom. The molecule has 2 aliphatic heterocycles. The smallest absolute Gasteiger partial charge is 0.407 e. The molecule has 1 amide bonds. The van der Waals surface area contributed by atoms with Gasteiger partial charge in [-0.1, -0.05) is 0 Å². The number of rotatable bonds is 1. The zero-order chi connectivity index (χ0) is 10.3. The van der Waals surface area contributed by atoms with Gasteiger partial charge in [0.2, 0.25) is 0 Å². The van der Waals surface area contributed by atoms with E-state index in [2.05, 4.69) is 0 Å². The van der Waals surface area contributed by atoms with Crippen molar-refractivity contribution in [2.45, 2.75) is 12.0 Å². The molecule has 6 nitrogen and oxygen atoms in total. The predicted molar refractivity (Wildman–Crippen MR) is 44.0 cm³/mol. The second-order valence-electron chi connectivity index (χ2n) is 3.87. The van der Waals surface area contributed by atoms with Crippen LogP contribution >= 0.6 is 0 Å². The molecular formula is C8H11NO5. The van der Waals surface area contributed by atoms with Crippen molar-refractivity contribution < 1.29 is 24.5 Å². The summed E-state index contributed by atoms with van der Waals surface area (Å²) in [5, 5.41) is 17.3. The van der Waals surface area contributed by atoms with Crippen molar-refractivity contribution in [3.63, 3.8) is 0 Å². The number of amides is 1. The standard InChI is InChI=1S/C8H11NO5/c10-6(11)5-1-8(14-2-5)3-9(4-8)7(12)13/h5H,1-4H2,(H,10,11)(H,12,13). The van der Waals surface area contributed by atoms with Gasteiger partial charge in [-0.2, -0.15) is 0 Å². The molecular weight excluding hydrogens is 190 g/mol. The van der Waals surface area contributed by atoms with Gasteiger partial charge in [-0.15, -0.1) is 0 Å². The maximum absolute atomic E-state index is 10.6. The van der Waals surface area contributed by atoms with E-state index in [0.717, 1.165) is 0 Å². The van der Waals surface area contributed by atoms with Gasteiger partial charge in [0.05, 0.1) is 25.6 Å². The van der Waals surface area contributed by atoms with Crippen molar-refractivity contribution in [3.05, 3.63) is 0 Å². The number of hydrogen-bond donors (Lipinski definition) is 2. The molecule has 0 aromatic heterocycles. The van der Waals surface area contributed by atoms with Crippen LogP contribution in [0.4, 0.5) is 4.79 Å². The Bertz CT molecular complexity index is 283. The van der Waals surface area contributed by atoms with E-state index in [0.29, 0.717) is 19.5 Å². The summed E-state index contributed by atoms with van der Waals surface area (Å²) in [7, 11) is 0. The van der Waals surface area contributed by atoms with Gasteiger partial charge in [0, 0.05) is 0 Å². The van der Waals surface area contributed by atoms with Gasteiger partial charge in [0.1, 0.15) is 5.60 Å². The molecule has 2 saturated heterocycles. The van der Waals surface area contributed by atoms with Gasteiger partial charge in [0.15, 0.2) is 0 Å². The number of nitrogens with zero attached hydrogens (tertiary/aromatic N) is 1. The first-order valence-electron chi connectivity index (χ1n) is 4.37. The molecule has 2 N–H and O–H groups in total. The van der Waals surface area contributed by atoms with Crippen molar-refractivity contribution in [1.82, 2.24) is 4.90 Å². The van der Waals surface area contributed by atoms with E-state index in [1.807, 2.05) is 0 Å². The van der Waals surface area contributed by atoms with Gasteiger partial charge in [-0.25, -0.2) is 4.79 Å². The summed E-state index contributed by atoms with van der Waals surface area (Å²) in [6, 6.07) is 0. The minimum absolute atomic E-state index is 0.197. The van der Waals surface area contributed by atoms with E-state index < -0.39 is 23.6 Å². The monoisotopic (exact) mass is 201 g/mol. The highest BCUT2D eigenvalue weighted by molar-refractivity contribution is 5.71. The van der Waals surface area contributed by atoms with Crippen LogP contribution in [0.15, 0.2) is 0 Å². The molecule has 14 heavy (non-hydrogen) atoms. The van der Waals surface area contributed by atoms with Crippen LogP contribution in [0.25, 0.3) is 0 Å². The normalized spacial score (nSPS) is 28.9. The number of ether oxygens (including phenoxy) is 1. The number of aliphatic carboxylic acids is 1. The van der Waals surface area contributed by atoms with E-state index in [-0.39, 0.29) is 6.61 Å². The molecule has 2 heterocycles. The van der Waals surface area contributed by atoms with Crippen molar-refractivity contribution in [2.75, 3.05) is 19.7 Å². The first-order chi connectivity index (χ1) is 6.52. The quantitative estimate of drug-likeness (QED) is 0.615. The Balaban J connectivity index is 1.91. The average Bonchev–Trinajstić information content (AvgIpc) is 2.44. The van der Waals surface area contributed by atoms with E-state index in [4.69, 9.17) is 14.9 Å². The van der Waals surface area contributed by atoms with Crippen LogP contribution in [-0.4, -0.2) is 52.5 Å². The summed E-state index contributed by atoms with van der Waals surface area (Å²) in [5.74, 6) is -1.35. The Morgan fingerprint density at radius 1 is 1.36 bits per heavy atom. The fourth-order valence-corrected chi connectivity index (χ4v) is 2.01. The van der Waals surface area contributed by atoms with Crippen LogP contribution in [0, 0.1) is 5.92 Å². The maximum atomic E-state index is 10.6. The van der Waals surface area contributed by atoms with Gasteiger partial charge in [-0.3, -0.25) is 4.79 Å². The number of likely N-dealkylation sites (tertiary alicyclic amines) is 1. The molecule has 6 heteroatoms. The van der Waals surface area contributed by atoms with E-state index in [1.165, 1.54) is 4.90 Å². The molecule has 0 aromatic carbocycles. The van der Waals surface area contributed by atoms with Crippen LogP contribution in [-0.2, 0) is 9.53 Å². The molecule has 0 bridgehead atoms. The second-order valence-corrected chi connectivity index (χ2v) is 3.87. The molecule has 2 aliphatic rings. The Labute approximate surface area is 80.1 Å². The highest BCUT2D eigenvalue weighted by atomic mass is 16.5.